The van der Waals surface area contributed by atoms with E-state index in [2.05, 4.69) is 10.9 Å². The fourth-order valence-corrected chi connectivity index (χ4v) is 0.888. The Labute approximate surface area is 90.5 Å². The topological polar surface area (TPSA) is 67.4 Å². The van der Waals surface area contributed by atoms with Crippen LogP contribution in [-0.2, 0) is 9.53 Å². The smallest absolute Gasteiger partial charge is 0.426 e. The molecule has 0 aromatic carbocycles. The van der Waals surface area contributed by atoms with Gasteiger partial charge < -0.3 is 4.74 Å². The summed E-state index contributed by atoms with van der Waals surface area (Å²) < 4.78 is 4.77. The molecule has 0 atom stereocenters. The minimum atomic E-state index is -0.611. The molecule has 2 N–H and O–H groups in total. The number of hydrazine groups is 1. The molecule has 0 fully saturated rings. The van der Waals surface area contributed by atoms with Gasteiger partial charge in [0.2, 0.25) is 5.91 Å². The van der Waals surface area contributed by atoms with Gasteiger partial charge in [0.05, 0.1) is 6.61 Å². The molecule has 0 aliphatic heterocycles. The zero-order valence-electron chi connectivity index (χ0n) is 9.63. The second-order valence-corrected chi connectivity index (χ2v) is 3.76. The van der Waals surface area contributed by atoms with E-state index in [1.165, 1.54) is 0 Å². The number of carbonyl (C=O) groups is 2. The summed E-state index contributed by atoms with van der Waals surface area (Å²) in [6.45, 7) is 6.24. The highest BCUT2D eigenvalue weighted by molar-refractivity contribution is 5.79. The fourth-order valence-electron chi connectivity index (χ4n) is 0.888. The summed E-state index contributed by atoms with van der Waals surface area (Å²) in [5.41, 5.74) is 4.46. The minimum absolute atomic E-state index is 0.211. The highest BCUT2D eigenvalue weighted by Crippen LogP contribution is 1.97. The quantitative estimate of drug-likeness (QED) is 0.541. The van der Waals surface area contributed by atoms with Crippen molar-refractivity contribution in [2.75, 3.05) is 6.61 Å². The highest BCUT2D eigenvalue weighted by Gasteiger charge is 2.06. The molecule has 0 aliphatic carbocycles. The van der Waals surface area contributed by atoms with E-state index in [0.29, 0.717) is 13.0 Å². The monoisotopic (exact) mass is 216 g/mol. The summed E-state index contributed by atoms with van der Waals surface area (Å²) in [5, 5.41) is 0. The molecule has 0 aromatic heterocycles. The molecule has 0 radical (unpaired) electrons. The summed E-state index contributed by atoms with van der Waals surface area (Å²) >= 11 is 0. The molecule has 0 aliphatic rings. The Kier molecular flexibility index (Phi) is 7.40. The molecule has 0 saturated heterocycles. The number of amides is 2. The van der Waals surface area contributed by atoms with E-state index in [1.54, 1.807) is 0 Å². The van der Waals surface area contributed by atoms with E-state index in [-0.39, 0.29) is 11.8 Å². The Morgan fingerprint density at radius 3 is 2.47 bits per heavy atom. The summed E-state index contributed by atoms with van der Waals surface area (Å²) in [6, 6.07) is 0. The van der Waals surface area contributed by atoms with Crippen LogP contribution in [0.25, 0.3) is 0 Å². The zero-order chi connectivity index (χ0) is 11.7. The standard InChI is InChI=1S/C10H20N2O3/c1-4-5-6-15-10(14)12-11-9(13)7-8(2)3/h8H,4-7H2,1-3H3,(H,11,13)(H,12,14). The third-order valence-electron chi connectivity index (χ3n) is 1.63. The van der Waals surface area contributed by atoms with Gasteiger partial charge >= 0.3 is 6.09 Å². The second-order valence-electron chi connectivity index (χ2n) is 3.76. The molecular formula is C10H20N2O3. The predicted molar refractivity (Wildman–Crippen MR) is 57.0 cm³/mol. The molecule has 0 unspecified atom stereocenters. The van der Waals surface area contributed by atoms with Crippen molar-refractivity contribution in [3.8, 4) is 0 Å². The van der Waals surface area contributed by atoms with E-state index in [4.69, 9.17) is 4.74 Å². The van der Waals surface area contributed by atoms with Gasteiger partial charge in [0.1, 0.15) is 0 Å². The average molecular weight is 216 g/mol. The maximum absolute atomic E-state index is 11.1. The normalized spacial score (nSPS) is 9.87. The van der Waals surface area contributed by atoms with Crippen LogP contribution in [0.3, 0.4) is 0 Å². The van der Waals surface area contributed by atoms with Crippen LogP contribution >= 0.6 is 0 Å². The summed E-state index contributed by atoms with van der Waals surface area (Å²) in [5.74, 6) is 0.0559. The number of nitrogens with one attached hydrogen (secondary N) is 2. The van der Waals surface area contributed by atoms with Crippen LogP contribution in [0.15, 0.2) is 0 Å². The molecule has 15 heavy (non-hydrogen) atoms. The van der Waals surface area contributed by atoms with Crippen LogP contribution in [0.5, 0.6) is 0 Å². The lowest BCUT2D eigenvalue weighted by molar-refractivity contribution is -0.122. The van der Waals surface area contributed by atoms with Gasteiger partial charge in [-0.3, -0.25) is 10.2 Å². The molecule has 5 heteroatoms. The van der Waals surface area contributed by atoms with Crippen LogP contribution in [0.1, 0.15) is 40.0 Å². The highest BCUT2D eigenvalue weighted by atomic mass is 16.6. The number of hydrogen-bond donors (Lipinski definition) is 2. The van der Waals surface area contributed by atoms with E-state index in [1.807, 2.05) is 20.8 Å². The van der Waals surface area contributed by atoms with Gasteiger partial charge in [-0.1, -0.05) is 27.2 Å². The average Bonchev–Trinajstić information content (AvgIpc) is 2.14. The lowest BCUT2D eigenvalue weighted by atomic mass is 10.1. The Hall–Kier alpha value is -1.26. The van der Waals surface area contributed by atoms with Gasteiger partial charge in [-0.25, -0.2) is 10.2 Å². The van der Waals surface area contributed by atoms with Crippen molar-refractivity contribution >= 4 is 12.0 Å². The Morgan fingerprint density at radius 2 is 1.93 bits per heavy atom. The van der Waals surface area contributed by atoms with Crippen molar-refractivity contribution in [3.63, 3.8) is 0 Å². The maximum atomic E-state index is 11.1. The molecule has 0 heterocycles. The van der Waals surface area contributed by atoms with Crippen LogP contribution in [0.2, 0.25) is 0 Å². The zero-order valence-corrected chi connectivity index (χ0v) is 9.63. The third-order valence-corrected chi connectivity index (χ3v) is 1.63. The Bertz CT molecular complexity index is 205. The van der Waals surface area contributed by atoms with Crippen molar-refractivity contribution in [3.05, 3.63) is 0 Å². The molecule has 0 aromatic rings. The number of hydrogen-bond acceptors (Lipinski definition) is 3. The first-order chi connectivity index (χ1) is 7.06. The van der Waals surface area contributed by atoms with Gasteiger partial charge in [0.25, 0.3) is 0 Å². The molecule has 0 spiro atoms. The number of unbranched alkanes of at least 4 members (excludes halogenated alkanes) is 1. The summed E-state index contributed by atoms with van der Waals surface area (Å²) in [4.78, 5) is 22.1. The largest absolute Gasteiger partial charge is 0.448 e. The van der Waals surface area contributed by atoms with Crippen LogP contribution in [-0.4, -0.2) is 18.6 Å². The van der Waals surface area contributed by atoms with Crippen molar-refractivity contribution in [2.24, 2.45) is 5.92 Å². The second kappa shape index (κ2) is 8.08. The lowest BCUT2D eigenvalue weighted by Gasteiger charge is -2.08. The van der Waals surface area contributed by atoms with Gasteiger partial charge in [0, 0.05) is 6.42 Å². The number of rotatable bonds is 5. The first-order valence-electron chi connectivity index (χ1n) is 5.27. The van der Waals surface area contributed by atoms with Crippen LogP contribution in [0.4, 0.5) is 4.79 Å². The van der Waals surface area contributed by atoms with Crippen molar-refractivity contribution in [1.82, 2.24) is 10.9 Å². The first-order valence-corrected chi connectivity index (χ1v) is 5.27. The Morgan fingerprint density at radius 1 is 1.27 bits per heavy atom. The summed E-state index contributed by atoms with van der Waals surface area (Å²) in [6.07, 6.45) is 1.57. The van der Waals surface area contributed by atoms with E-state index in [0.717, 1.165) is 12.8 Å². The molecular weight excluding hydrogens is 196 g/mol. The predicted octanol–water partition coefficient (Wildman–Crippen LogP) is 1.59. The van der Waals surface area contributed by atoms with Crippen molar-refractivity contribution in [1.29, 1.82) is 0 Å². The molecule has 0 saturated carbocycles. The van der Waals surface area contributed by atoms with Crippen molar-refractivity contribution < 1.29 is 14.3 Å². The summed E-state index contributed by atoms with van der Waals surface area (Å²) in [7, 11) is 0. The van der Waals surface area contributed by atoms with E-state index in [9.17, 15) is 9.59 Å². The van der Waals surface area contributed by atoms with Gasteiger partial charge in [-0.05, 0) is 12.3 Å². The Balaban J connectivity index is 3.49. The third kappa shape index (κ3) is 9.05. The van der Waals surface area contributed by atoms with Crippen LogP contribution in [0, 0.1) is 5.92 Å². The van der Waals surface area contributed by atoms with Gasteiger partial charge in [-0.15, -0.1) is 0 Å². The molecule has 5 nitrogen and oxygen atoms in total. The van der Waals surface area contributed by atoms with E-state index >= 15 is 0 Å². The lowest BCUT2D eigenvalue weighted by Crippen LogP contribution is -2.42. The van der Waals surface area contributed by atoms with Crippen LogP contribution < -0.4 is 10.9 Å². The molecule has 0 bridgehead atoms. The SMILES string of the molecule is CCCCOC(=O)NNC(=O)CC(C)C. The molecule has 0 rings (SSSR count). The van der Waals surface area contributed by atoms with E-state index < -0.39 is 6.09 Å². The van der Waals surface area contributed by atoms with Gasteiger partial charge in [-0.2, -0.15) is 0 Å². The van der Waals surface area contributed by atoms with Gasteiger partial charge in [0.15, 0.2) is 0 Å². The fraction of sp³-hybridized carbons (Fsp3) is 0.800. The molecule has 2 amide bonds. The number of ether oxygens (including phenoxy) is 1. The maximum Gasteiger partial charge on any atom is 0.426 e. The number of carbonyl (C=O) groups excluding carboxylic acids is 2. The molecule has 88 valence electrons. The first kappa shape index (κ1) is 13.7. The van der Waals surface area contributed by atoms with Crippen molar-refractivity contribution in [2.45, 2.75) is 40.0 Å². The minimum Gasteiger partial charge on any atom is -0.448 e.